The van der Waals surface area contributed by atoms with E-state index >= 15 is 0 Å². The van der Waals surface area contributed by atoms with Crippen LogP contribution in [-0.4, -0.2) is 50.3 Å². The van der Waals surface area contributed by atoms with Crippen LogP contribution in [0.1, 0.15) is 24.1 Å². The van der Waals surface area contributed by atoms with Gasteiger partial charge in [0.2, 0.25) is 0 Å². The normalized spacial score (nSPS) is 15.6. The summed E-state index contributed by atoms with van der Waals surface area (Å²) in [7, 11) is 1.67. The molecule has 0 bridgehead atoms. The van der Waals surface area contributed by atoms with Gasteiger partial charge in [-0.3, -0.25) is 4.99 Å². The van der Waals surface area contributed by atoms with Gasteiger partial charge < -0.3 is 20.3 Å². The van der Waals surface area contributed by atoms with Crippen molar-refractivity contribution in [2.45, 2.75) is 32.0 Å². The van der Waals surface area contributed by atoms with Crippen molar-refractivity contribution >= 4 is 11.8 Å². The fourth-order valence-corrected chi connectivity index (χ4v) is 3.50. The highest BCUT2D eigenvalue weighted by Gasteiger charge is 2.34. The molecule has 0 amide bonds. The number of piperidine rings is 1. The maximum absolute atomic E-state index is 13.0. The molecule has 1 aromatic heterocycles. The molecular formula is C22H28F3N5O. The molecule has 2 heterocycles. The van der Waals surface area contributed by atoms with Crippen molar-refractivity contribution in [1.29, 1.82) is 0 Å². The van der Waals surface area contributed by atoms with Crippen LogP contribution in [-0.2, 0) is 6.18 Å². The minimum atomic E-state index is -4.44. The Bertz CT molecular complexity index is 879. The molecular weight excluding hydrogens is 407 g/mol. The van der Waals surface area contributed by atoms with Crippen LogP contribution >= 0.6 is 0 Å². The quantitative estimate of drug-likeness (QED) is 0.412. The predicted molar refractivity (Wildman–Crippen MR) is 116 cm³/mol. The average Bonchev–Trinajstić information content (AvgIpc) is 2.76. The Morgan fingerprint density at radius 2 is 1.90 bits per heavy atom. The maximum Gasteiger partial charge on any atom is 0.419 e. The number of guanidine groups is 1. The van der Waals surface area contributed by atoms with Gasteiger partial charge in [-0.1, -0.05) is 18.2 Å². The molecule has 31 heavy (non-hydrogen) atoms. The molecule has 1 saturated heterocycles. The second kappa shape index (κ2) is 10.4. The third-order valence-corrected chi connectivity index (χ3v) is 5.10. The molecule has 0 aliphatic carbocycles. The van der Waals surface area contributed by atoms with E-state index in [1.807, 2.05) is 25.1 Å². The number of aromatic nitrogens is 1. The average molecular weight is 435 g/mol. The summed E-state index contributed by atoms with van der Waals surface area (Å²) < 4.78 is 44.4. The fourth-order valence-electron chi connectivity index (χ4n) is 3.50. The van der Waals surface area contributed by atoms with Gasteiger partial charge in [0.15, 0.2) is 5.96 Å². The first kappa shape index (κ1) is 22.7. The number of nitrogens with one attached hydrogen (secondary N) is 2. The lowest BCUT2D eigenvalue weighted by atomic mass is 10.1. The Kier molecular flexibility index (Phi) is 7.59. The molecule has 2 aromatic rings. The van der Waals surface area contributed by atoms with E-state index in [-0.39, 0.29) is 18.4 Å². The number of pyridine rings is 1. The van der Waals surface area contributed by atoms with Gasteiger partial charge in [0.25, 0.3) is 0 Å². The van der Waals surface area contributed by atoms with Gasteiger partial charge in [-0.15, -0.1) is 0 Å². The van der Waals surface area contributed by atoms with Gasteiger partial charge in [-0.05, 0) is 44.0 Å². The lowest BCUT2D eigenvalue weighted by Gasteiger charge is -2.34. The summed E-state index contributed by atoms with van der Waals surface area (Å²) in [6, 6.07) is 11.5. The first-order chi connectivity index (χ1) is 14.9. The summed E-state index contributed by atoms with van der Waals surface area (Å²) in [5.41, 5.74) is 0.231. The molecule has 0 spiro atoms. The number of ether oxygens (including phenoxy) is 1. The van der Waals surface area contributed by atoms with E-state index < -0.39 is 11.7 Å². The highest BCUT2D eigenvalue weighted by Crippen LogP contribution is 2.35. The number of aliphatic imine (C=N–C) groups is 1. The Balaban J connectivity index is 1.42. The van der Waals surface area contributed by atoms with Crippen molar-refractivity contribution in [3.8, 4) is 5.75 Å². The van der Waals surface area contributed by atoms with Crippen molar-refractivity contribution in [3.63, 3.8) is 0 Å². The Hall–Kier alpha value is -2.97. The number of hydrogen-bond donors (Lipinski definition) is 2. The maximum atomic E-state index is 13.0. The molecule has 0 atom stereocenters. The number of hydrogen-bond acceptors (Lipinski definition) is 4. The van der Waals surface area contributed by atoms with Gasteiger partial charge in [0, 0.05) is 31.9 Å². The molecule has 168 valence electrons. The molecule has 3 rings (SSSR count). The first-order valence-corrected chi connectivity index (χ1v) is 10.3. The van der Waals surface area contributed by atoms with Gasteiger partial charge in [0.1, 0.15) is 18.2 Å². The molecule has 1 aliphatic heterocycles. The second-order valence-corrected chi connectivity index (χ2v) is 7.38. The van der Waals surface area contributed by atoms with E-state index in [9.17, 15) is 13.2 Å². The molecule has 1 fully saturated rings. The number of para-hydroxylation sites is 1. The number of benzene rings is 1. The summed E-state index contributed by atoms with van der Waals surface area (Å²) in [6.45, 7) is 4.19. The SMILES string of the molecule is CN=C(NCCOc1ccccc1C(F)(F)F)NC1CCN(c2cccc(C)n2)CC1. The van der Waals surface area contributed by atoms with Crippen LogP contribution in [0.25, 0.3) is 0 Å². The van der Waals surface area contributed by atoms with Crippen LogP contribution in [0.2, 0.25) is 0 Å². The lowest BCUT2D eigenvalue weighted by Crippen LogP contribution is -2.49. The highest BCUT2D eigenvalue weighted by atomic mass is 19.4. The minimum absolute atomic E-state index is 0.0886. The van der Waals surface area contributed by atoms with Crippen LogP contribution < -0.4 is 20.3 Å². The third kappa shape index (κ3) is 6.50. The summed E-state index contributed by atoms with van der Waals surface area (Å²) >= 11 is 0. The standard InChI is InChI=1S/C22H28F3N5O/c1-16-6-5-9-20(28-16)30-13-10-17(11-14-30)29-21(26-2)27-12-15-31-19-8-4-3-7-18(19)22(23,24)25/h3-9,17H,10-15H2,1-2H3,(H2,26,27,29). The van der Waals surface area contributed by atoms with E-state index in [1.54, 1.807) is 7.05 Å². The molecule has 0 unspecified atom stereocenters. The van der Waals surface area contributed by atoms with E-state index in [1.165, 1.54) is 18.2 Å². The number of alkyl halides is 3. The van der Waals surface area contributed by atoms with Crippen molar-refractivity contribution < 1.29 is 17.9 Å². The van der Waals surface area contributed by atoms with Crippen LogP contribution in [0.5, 0.6) is 5.75 Å². The lowest BCUT2D eigenvalue weighted by molar-refractivity contribution is -0.138. The second-order valence-electron chi connectivity index (χ2n) is 7.38. The fraction of sp³-hybridized carbons (Fsp3) is 0.455. The van der Waals surface area contributed by atoms with Crippen LogP contribution in [0.3, 0.4) is 0 Å². The summed E-state index contributed by atoms with van der Waals surface area (Å²) in [4.78, 5) is 11.1. The van der Waals surface area contributed by atoms with Crippen LogP contribution in [0, 0.1) is 6.92 Å². The molecule has 1 aliphatic rings. The van der Waals surface area contributed by atoms with Gasteiger partial charge in [-0.2, -0.15) is 13.2 Å². The topological polar surface area (TPSA) is 61.8 Å². The minimum Gasteiger partial charge on any atom is -0.491 e. The number of aryl methyl sites for hydroxylation is 1. The van der Waals surface area contributed by atoms with E-state index in [4.69, 9.17) is 4.74 Å². The molecule has 2 N–H and O–H groups in total. The molecule has 9 heteroatoms. The van der Waals surface area contributed by atoms with Gasteiger partial charge >= 0.3 is 6.18 Å². The number of nitrogens with zero attached hydrogens (tertiary/aromatic N) is 3. The van der Waals surface area contributed by atoms with Gasteiger partial charge in [0.05, 0.1) is 12.1 Å². The monoisotopic (exact) mass is 435 g/mol. The van der Waals surface area contributed by atoms with Crippen LogP contribution in [0.4, 0.5) is 19.0 Å². The number of halogens is 3. The zero-order valence-corrected chi connectivity index (χ0v) is 17.7. The smallest absolute Gasteiger partial charge is 0.419 e. The van der Waals surface area contributed by atoms with Crippen molar-refractivity contribution in [2.24, 2.45) is 4.99 Å². The van der Waals surface area contributed by atoms with Crippen molar-refractivity contribution in [3.05, 3.63) is 53.7 Å². The zero-order valence-electron chi connectivity index (χ0n) is 17.7. The van der Waals surface area contributed by atoms with Crippen LogP contribution in [0.15, 0.2) is 47.5 Å². The highest BCUT2D eigenvalue weighted by molar-refractivity contribution is 5.80. The zero-order chi connectivity index (χ0) is 22.3. The molecule has 1 aromatic carbocycles. The molecule has 6 nitrogen and oxygen atoms in total. The van der Waals surface area contributed by atoms with Gasteiger partial charge in [-0.25, -0.2) is 4.98 Å². The summed E-state index contributed by atoms with van der Waals surface area (Å²) in [5, 5.41) is 6.48. The largest absolute Gasteiger partial charge is 0.491 e. The molecule has 0 saturated carbocycles. The third-order valence-electron chi connectivity index (χ3n) is 5.10. The molecule has 0 radical (unpaired) electrons. The number of anilines is 1. The summed E-state index contributed by atoms with van der Waals surface area (Å²) in [6.07, 6.45) is -2.57. The Morgan fingerprint density at radius 3 is 2.58 bits per heavy atom. The van der Waals surface area contributed by atoms with E-state index in [2.05, 4.69) is 25.5 Å². The van der Waals surface area contributed by atoms with Crippen molar-refractivity contribution in [2.75, 3.05) is 38.2 Å². The summed E-state index contributed by atoms with van der Waals surface area (Å²) in [5.74, 6) is 1.44. The predicted octanol–water partition coefficient (Wildman–Crippen LogP) is 3.62. The van der Waals surface area contributed by atoms with E-state index in [0.717, 1.165) is 43.5 Å². The van der Waals surface area contributed by atoms with Crippen molar-refractivity contribution in [1.82, 2.24) is 15.6 Å². The van der Waals surface area contributed by atoms with E-state index in [0.29, 0.717) is 12.5 Å². The Morgan fingerprint density at radius 1 is 1.16 bits per heavy atom. The number of rotatable bonds is 6. The first-order valence-electron chi connectivity index (χ1n) is 10.3. The Labute approximate surface area is 180 Å².